The van der Waals surface area contributed by atoms with Crippen LogP contribution in [-0.4, -0.2) is 5.75 Å². The highest BCUT2D eigenvalue weighted by atomic mass is 35.5. The molecule has 0 bridgehead atoms. The molecule has 0 saturated heterocycles. The maximum absolute atomic E-state index is 3.56. The highest BCUT2D eigenvalue weighted by molar-refractivity contribution is 7.58. The van der Waals surface area contributed by atoms with Gasteiger partial charge in [0, 0.05) is 5.92 Å². The van der Waals surface area contributed by atoms with Crippen LogP contribution in [0.25, 0.3) is 0 Å². The Morgan fingerprint density at radius 3 is 2.00 bits per heavy atom. The van der Waals surface area contributed by atoms with Gasteiger partial charge in [0.25, 0.3) is 0 Å². The van der Waals surface area contributed by atoms with Gasteiger partial charge in [-0.1, -0.05) is 19.3 Å². The zero-order chi connectivity index (χ0) is 5.82. The lowest BCUT2D eigenvalue weighted by Crippen LogP contribution is -3.00. The molecular formula is C7H15ClS. The number of hydrogen-bond donors (Lipinski definition) is 0. The van der Waals surface area contributed by atoms with E-state index in [1.165, 1.54) is 37.9 Å². The number of halogens is 1. The van der Waals surface area contributed by atoms with E-state index in [2.05, 4.69) is 12.6 Å². The molecule has 2 heteroatoms. The summed E-state index contributed by atoms with van der Waals surface area (Å²) in [6, 6.07) is 0. The summed E-state index contributed by atoms with van der Waals surface area (Å²) in [5.74, 6) is 2.22. The van der Waals surface area contributed by atoms with Crippen LogP contribution in [0.4, 0.5) is 0 Å². The molecule has 0 amide bonds. The normalized spacial score (nSPS) is 21.0. The van der Waals surface area contributed by atoms with E-state index in [9.17, 15) is 0 Å². The highest BCUT2D eigenvalue weighted by Gasteiger charge is 2.12. The lowest BCUT2D eigenvalue weighted by Gasteiger charge is -2.16. The first-order chi connectivity index (χ1) is 3.93. The fourth-order valence-electron chi connectivity index (χ4n) is 1.39. The molecular weight excluding hydrogens is 152 g/mol. The molecule has 1 fully saturated rings. The summed E-state index contributed by atoms with van der Waals surface area (Å²) in [4.78, 5) is 0. The molecule has 1 aliphatic rings. The molecule has 56 valence electrons. The first-order valence-electron chi connectivity index (χ1n) is 3.58. The van der Waals surface area contributed by atoms with Crippen molar-refractivity contribution < 1.29 is 12.4 Å². The van der Waals surface area contributed by atoms with Crippen LogP contribution in [0.15, 0.2) is 0 Å². The maximum Gasteiger partial charge on any atom is 0.106 e. The van der Waals surface area contributed by atoms with Crippen molar-refractivity contribution in [3.05, 3.63) is 0 Å². The Bertz CT molecular complexity index is 59.9. The van der Waals surface area contributed by atoms with E-state index >= 15 is 0 Å². The largest absolute Gasteiger partial charge is 1.00 e. The van der Waals surface area contributed by atoms with Crippen LogP contribution >= 0.6 is 0 Å². The number of hydrogen-bond acceptors (Lipinski definition) is 0. The third-order valence-electron chi connectivity index (χ3n) is 2.01. The van der Waals surface area contributed by atoms with E-state index in [1.54, 1.807) is 0 Å². The molecule has 0 nitrogen and oxygen atoms in total. The first kappa shape index (κ1) is 9.64. The fourth-order valence-corrected chi connectivity index (χ4v) is 1.80. The van der Waals surface area contributed by atoms with Crippen LogP contribution in [0.5, 0.6) is 0 Å². The van der Waals surface area contributed by atoms with Crippen LogP contribution in [0.3, 0.4) is 0 Å². The second-order valence-corrected chi connectivity index (χ2v) is 3.12. The van der Waals surface area contributed by atoms with E-state index in [4.69, 9.17) is 0 Å². The minimum atomic E-state index is 0. The van der Waals surface area contributed by atoms with Gasteiger partial charge in [-0.15, -0.1) is 0 Å². The van der Waals surface area contributed by atoms with Gasteiger partial charge in [0.05, 0.1) is 0 Å². The van der Waals surface area contributed by atoms with E-state index in [0.717, 1.165) is 5.92 Å². The van der Waals surface area contributed by atoms with Crippen molar-refractivity contribution in [2.24, 2.45) is 5.92 Å². The van der Waals surface area contributed by atoms with Crippen LogP contribution < -0.4 is 12.4 Å². The van der Waals surface area contributed by atoms with Crippen LogP contribution in [0, 0.1) is 5.92 Å². The van der Waals surface area contributed by atoms with Gasteiger partial charge in [-0.25, -0.2) is 0 Å². The molecule has 0 N–H and O–H groups in total. The Morgan fingerprint density at radius 2 is 1.67 bits per heavy atom. The Hall–Kier alpha value is 0.640. The van der Waals surface area contributed by atoms with E-state index < -0.39 is 0 Å². The predicted octanol–water partition coefficient (Wildman–Crippen LogP) is -1.42. The number of rotatable bonds is 1. The average Bonchev–Trinajstić information content (AvgIpc) is 1.90. The van der Waals surface area contributed by atoms with Gasteiger partial charge in [0.2, 0.25) is 0 Å². The second kappa shape index (κ2) is 5.43. The smallest absolute Gasteiger partial charge is 0.106 e. The third-order valence-corrected chi connectivity index (χ3v) is 2.59. The standard InChI is InChI=1S/C7H14S.ClH/c8-6-7-4-2-1-3-5-7;/h7-8H,1-6H2;1H. The zero-order valence-electron chi connectivity index (χ0n) is 5.70. The molecule has 0 heterocycles. The predicted molar refractivity (Wildman–Crippen MR) is 41.6 cm³/mol. The Morgan fingerprint density at radius 1 is 1.11 bits per heavy atom. The van der Waals surface area contributed by atoms with Gasteiger partial charge in [0.15, 0.2) is 0 Å². The summed E-state index contributed by atoms with van der Waals surface area (Å²) in [5, 5.41) is 0. The highest BCUT2D eigenvalue weighted by Crippen LogP contribution is 2.22. The molecule has 0 aliphatic heterocycles. The summed E-state index contributed by atoms with van der Waals surface area (Å²) >= 11 is 3.56. The maximum atomic E-state index is 3.56. The lowest BCUT2D eigenvalue weighted by molar-refractivity contribution is -0.00000168. The van der Waals surface area contributed by atoms with E-state index in [0.29, 0.717) is 0 Å². The molecule has 1 saturated carbocycles. The quantitative estimate of drug-likeness (QED) is 0.420. The van der Waals surface area contributed by atoms with Gasteiger partial charge in [-0.3, -0.25) is 0 Å². The average molecular weight is 167 g/mol. The topological polar surface area (TPSA) is 0 Å². The van der Waals surface area contributed by atoms with Gasteiger partial charge in [-0.05, 0) is 25.5 Å². The monoisotopic (exact) mass is 166 g/mol. The SMILES string of the molecule is [Cl-].[SH2+]CC1CCCCC1. The molecule has 0 aromatic carbocycles. The minimum absolute atomic E-state index is 0. The molecule has 1 aliphatic carbocycles. The Balaban J connectivity index is 0.000000640. The van der Waals surface area contributed by atoms with Crippen molar-refractivity contribution in [2.45, 2.75) is 32.1 Å². The van der Waals surface area contributed by atoms with Gasteiger partial charge < -0.3 is 12.4 Å². The van der Waals surface area contributed by atoms with E-state index in [-0.39, 0.29) is 12.4 Å². The second-order valence-electron chi connectivity index (χ2n) is 2.71. The van der Waals surface area contributed by atoms with Gasteiger partial charge in [0.1, 0.15) is 5.75 Å². The first-order valence-corrected chi connectivity index (χ1v) is 4.29. The van der Waals surface area contributed by atoms with Crippen LogP contribution in [0.1, 0.15) is 32.1 Å². The van der Waals surface area contributed by atoms with Crippen molar-refractivity contribution in [1.82, 2.24) is 0 Å². The molecule has 0 radical (unpaired) electrons. The molecule has 0 unspecified atom stereocenters. The molecule has 0 atom stereocenters. The van der Waals surface area contributed by atoms with Gasteiger partial charge in [-0.2, -0.15) is 0 Å². The summed E-state index contributed by atoms with van der Waals surface area (Å²) in [6.45, 7) is 0. The Kier molecular flexibility index (Phi) is 5.81. The summed E-state index contributed by atoms with van der Waals surface area (Å²) < 4.78 is 0. The van der Waals surface area contributed by atoms with Crippen molar-refractivity contribution >= 4 is 12.6 Å². The van der Waals surface area contributed by atoms with Gasteiger partial charge >= 0.3 is 0 Å². The summed E-state index contributed by atoms with van der Waals surface area (Å²) in [5.41, 5.74) is 0. The Labute approximate surface area is 69.2 Å². The molecule has 0 aromatic rings. The van der Waals surface area contributed by atoms with Crippen molar-refractivity contribution in [3.8, 4) is 0 Å². The van der Waals surface area contributed by atoms with Crippen molar-refractivity contribution in [1.29, 1.82) is 0 Å². The summed E-state index contributed by atoms with van der Waals surface area (Å²) in [7, 11) is 0. The molecule has 0 spiro atoms. The van der Waals surface area contributed by atoms with Crippen LogP contribution in [-0.2, 0) is 12.6 Å². The zero-order valence-corrected chi connectivity index (χ0v) is 7.45. The van der Waals surface area contributed by atoms with Crippen molar-refractivity contribution in [2.75, 3.05) is 5.75 Å². The molecule has 0 aromatic heterocycles. The fraction of sp³-hybridized carbons (Fsp3) is 1.00. The third kappa shape index (κ3) is 3.36. The van der Waals surface area contributed by atoms with Crippen molar-refractivity contribution in [3.63, 3.8) is 0 Å². The molecule has 1 rings (SSSR count). The minimum Gasteiger partial charge on any atom is -1.00 e. The lowest BCUT2D eigenvalue weighted by atomic mass is 9.91. The van der Waals surface area contributed by atoms with Crippen LogP contribution in [0.2, 0.25) is 0 Å². The van der Waals surface area contributed by atoms with E-state index in [1.807, 2.05) is 0 Å². The summed E-state index contributed by atoms with van der Waals surface area (Å²) in [6.07, 6.45) is 7.33. The molecule has 9 heavy (non-hydrogen) atoms.